The Labute approximate surface area is 135 Å². The van der Waals surface area contributed by atoms with Gasteiger partial charge in [-0.05, 0) is 35.1 Å². The molecule has 0 unspecified atom stereocenters. The molecule has 0 radical (unpaired) electrons. The van der Waals surface area contributed by atoms with Crippen LogP contribution < -0.4 is 0 Å². The van der Waals surface area contributed by atoms with E-state index in [9.17, 15) is 5.11 Å². The van der Waals surface area contributed by atoms with E-state index < -0.39 is 5.60 Å². The van der Waals surface area contributed by atoms with Crippen LogP contribution in [0.2, 0.25) is 0 Å². The Kier molecular flexibility index (Phi) is 4.32. The number of benzene rings is 3. The van der Waals surface area contributed by atoms with Crippen LogP contribution in [-0.4, -0.2) is 11.4 Å². The molecule has 0 spiro atoms. The molecule has 0 saturated heterocycles. The molecule has 110 valence electrons. The SMILES string of the molecule is CSc1cccc(C(O)(c2ccccc2)c2ccccc2)c1. The van der Waals surface area contributed by atoms with Crippen LogP contribution in [0.4, 0.5) is 0 Å². The number of thioether (sulfide) groups is 1. The van der Waals surface area contributed by atoms with Crippen molar-refractivity contribution in [2.75, 3.05) is 6.26 Å². The summed E-state index contributed by atoms with van der Waals surface area (Å²) in [6, 6.07) is 27.8. The van der Waals surface area contributed by atoms with Gasteiger partial charge in [-0.3, -0.25) is 0 Å². The fraction of sp³-hybridized carbons (Fsp3) is 0.100. The first-order valence-corrected chi connectivity index (χ1v) is 8.45. The first kappa shape index (κ1) is 14.9. The predicted octanol–water partition coefficient (Wildman–Crippen LogP) is 4.69. The van der Waals surface area contributed by atoms with Crippen molar-refractivity contribution in [2.24, 2.45) is 0 Å². The van der Waals surface area contributed by atoms with Crippen LogP contribution in [0.3, 0.4) is 0 Å². The zero-order valence-corrected chi connectivity index (χ0v) is 13.3. The lowest BCUT2D eigenvalue weighted by molar-refractivity contribution is 0.125. The highest BCUT2D eigenvalue weighted by Crippen LogP contribution is 2.37. The minimum absolute atomic E-state index is 0.874. The van der Waals surface area contributed by atoms with Crippen molar-refractivity contribution in [3.63, 3.8) is 0 Å². The van der Waals surface area contributed by atoms with Crippen molar-refractivity contribution in [3.8, 4) is 0 Å². The maximum Gasteiger partial charge on any atom is 0.140 e. The molecule has 1 nitrogen and oxygen atoms in total. The lowest BCUT2D eigenvalue weighted by Gasteiger charge is -2.30. The topological polar surface area (TPSA) is 20.2 Å². The van der Waals surface area contributed by atoms with Crippen LogP contribution >= 0.6 is 11.8 Å². The summed E-state index contributed by atoms with van der Waals surface area (Å²) in [5.41, 5.74) is 1.49. The molecule has 0 fully saturated rings. The van der Waals surface area contributed by atoms with Gasteiger partial charge in [0.25, 0.3) is 0 Å². The lowest BCUT2D eigenvalue weighted by atomic mass is 9.80. The Morgan fingerprint density at radius 2 is 1.18 bits per heavy atom. The van der Waals surface area contributed by atoms with Gasteiger partial charge in [-0.2, -0.15) is 0 Å². The van der Waals surface area contributed by atoms with E-state index in [1.807, 2.05) is 79.1 Å². The van der Waals surface area contributed by atoms with Gasteiger partial charge < -0.3 is 5.11 Å². The molecule has 0 amide bonds. The van der Waals surface area contributed by atoms with E-state index >= 15 is 0 Å². The van der Waals surface area contributed by atoms with Gasteiger partial charge in [-0.15, -0.1) is 11.8 Å². The predicted molar refractivity (Wildman–Crippen MR) is 93.2 cm³/mol. The summed E-state index contributed by atoms with van der Waals surface area (Å²) in [6.07, 6.45) is 2.04. The standard InChI is InChI=1S/C20H18OS/c1-22-19-14-8-13-18(15-19)20(21,16-9-4-2-5-10-16)17-11-6-3-7-12-17/h2-15,21H,1H3. The summed E-state index contributed by atoms with van der Waals surface area (Å²) in [6.45, 7) is 0. The number of hydrogen-bond acceptors (Lipinski definition) is 2. The molecule has 0 aliphatic carbocycles. The molecule has 0 saturated carbocycles. The monoisotopic (exact) mass is 306 g/mol. The molecule has 3 aromatic rings. The molecule has 3 aromatic carbocycles. The number of aliphatic hydroxyl groups is 1. The van der Waals surface area contributed by atoms with Crippen molar-refractivity contribution in [2.45, 2.75) is 10.5 Å². The molecular formula is C20H18OS. The average Bonchev–Trinajstić information content (AvgIpc) is 2.62. The summed E-state index contributed by atoms with van der Waals surface area (Å²) in [5, 5.41) is 11.6. The van der Waals surface area contributed by atoms with E-state index in [0.717, 1.165) is 21.6 Å². The van der Waals surface area contributed by atoms with Crippen LogP contribution in [0.15, 0.2) is 89.8 Å². The molecule has 0 atom stereocenters. The minimum Gasteiger partial charge on any atom is -0.376 e. The van der Waals surface area contributed by atoms with Crippen LogP contribution in [0.25, 0.3) is 0 Å². The van der Waals surface area contributed by atoms with Crippen molar-refractivity contribution in [1.29, 1.82) is 0 Å². The fourth-order valence-electron chi connectivity index (χ4n) is 2.71. The minimum atomic E-state index is -1.14. The van der Waals surface area contributed by atoms with Gasteiger partial charge in [0, 0.05) is 4.90 Å². The van der Waals surface area contributed by atoms with Crippen LogP contribution in [0.5, 0.6) is 0 Å². The summed E-state index contributed by atoms with van der Waals surface area (Å²) in [7, 11) is 0. The van der Waals surface area contributed by atoms with Crippen LogP contribution in [0.1, 0.15) is 16.7 Å². The fourth-order valence-corrected chi connectivity index (χ4v) is 3.17. The molecule has 1 N–H and O–H groups in total. The molecule has 3 rings (SSSR count). The lowest BCUT2D eigenvalue weighted by Crippen LogP contribution is -2.28. The molecule has 0 heterocycles. The zero-order valence-electron chi connectivity index (χ0n) is 12.4. The summed E-state index contributed by atoms with van der Waals surface area (Å²) in [4.78, 5) is 1.14. The molecule has 0 aromatic heterocycles. The number of rotatable bonds is 4. The molecule has 0 bridgehead atoms. The maximum atomic E-state index is 11.6. The third kappa shape index (κ3) is 2.68. The van der Waals surface area contributed by atoms with Gasteiger partial charge in [0.15, 0.2) is 0 Å². The molecule has 0 aliphatic rings. The van der Waals surface area contributed by atoms with Crippen molar-refractivity contribution >= 4 is 11.8 Å². The Balaban J connectivity index is 2.23. The average molecular weight is 306 g/mol. The quantitative estimate of drug-likeness (QED) is 0.557. The van der Waals surface area contributed by atoms with Crippen molar-refractivity contribution in [3.05, 3.63) is 102 Å². The Morgan fingerprint density at radius 1 is 0.682 bits per heavy atom. The van der Waals surface area contributed by atoms with Gasteiger partial charge >= 0.3 is 0 Å². The van der Waals surface area contributed by atoms with E-state index in [0.29, 0.717) is 0 Å². The van der Waals surface area contributed by atoms with E-state index in [-0.39, 0.29) is 0 Å². The third-order valence-electron chi connectivity index (χ3n) is 3.87. The molecular weight excluding hydrogens is 288 g/mol. The number of hydrogen-bond donors (Lipinski definition) is 1. The van der Waals surface area contributed by atoms with Crippen LogP contribution in [-0.2, 0) is 5.60 Å². The summed E-state index contributed by atoms with van der Waals surface area (Å²) < 4.78 is 0. The summed E-state index contributed by atoms with van der Waals surface area (Å²) >= 11 is 1.68. The highest BCUT2D eigenvalue weighted by atomic mass is 32.2. The highest BCUT2D eigenvalue weighted by Gasteiger charge is 2.33. The highest BCUT2D eigenvalue weighted by molar-refractivity contribution is 7.98. The Hall–Kier alpha value is -2.03. The van der Waals surface area contributed by atoms with Gasteiger partial charge in [-0.1, -0.05) is 72.8 Å². The first-order valence-electron chi connectivity index (χ1n) is 7.23. The Morgan fingerprint density at radius 3 is 1.68 bits per heavy atom. The third-order valence-corrected chi connectivity index (χ3v) is 4.60. The van der Waals surface area contributed by atoms with Gasteiger partial charge in [0.05, 0.1) is 0 Å². The van der Waals surface area contributed by atoms with Crippen molar-refractivity contribution < 1.29 is 5.11 Å². The summed E-state index contributed by atoms with van der Waals surface area (Å²) in [5.74, 6) is 0. The molecule has 2 heteroatoms. The van der Waals surface area contributed by atoms with E-state index in [2.05, 4.69) is 12.1 Å². The zero-order chi connectivity index (χ0) is 15.4. The van der Waals surface area contributed by atoms with E-state index in [1.54, 1.807) is 11.8 Å². The van der Waals surface area contributed by atoms with E-state index in [4.69, 9.17) is 0 Å². The second kappa shape index (κ2) is 6.39. The molecule has 0 aliphatic heterocycles. The second-order valence-electron chi connectivity index (χ2n) is 5.17. The first-order chi connectivity index (χ1) is 10.7. The largest absolute Gasteiger partial charge is 0.376 e. The van der Waals surface area contributed by atoms with E-state index in [1.165, 1.54) is 0 Å². The maximum absolute atomic E-state index is 11.6. The Bertz CT molecular complexity index is 698. The van der Waals surface area contributed by atoms with Crippen LogP contribution in [0, 0.1) is 0 Å². The normalized spacial score (nSPS) is 11.4. The van der Waals surface area contributed by atoms with Crippen molar-refractivity contribution in [1.82, 2.24) is 0 Å². The van der Waals surface area contributed by atoms with Gasteiger partial charge in [0.2, 0.25) is 0 Å². The molecule has 22 heavy (non-hydrogen) atoms. The van der Waals surface area contributed by atoms with Gasteiger partial charge in [-0.25, -0.2) is 0 Å². The smallest absolute Gasteiger partial charge is 0.140 e. The van der Waals surface area contributed by atoms with Gasteiger partial charge in [0.1, 0.15) is 5.60 Å². The second-order valence-corrected chi connectivity index (χ2v) is 6.05.